The van der Waals surface area contributed by atoms with E-state index in [0.717, 1.165) is 18.4 Å². The molecule has 5 heteroatoms. The molecule has 0 radical (unpaired) electrons. The Labute approximate surface area is 110 Å². The highest BCUT2D eigenvalue weighted by Crippen LogP contribution is 2.28. The van der Waals surface area contributed by atoms with Crippen molar-refractivity contribution in [3.8, 4) is 0 Å². The summed E-state index contributed by atoms with van der Waals surface area (Å²) in [5, 5.41) is 10.3. The second-order valence-electron chi connectivity index (χ2n) is 4.73. The van der Waals surface area contributed by atoms with E-state index in [1.807, 2.05) is 13.8 Å². The average Bonchev–Trinajstić information content (AvgIpc) is 2.41. The first-order valence-electron chi connectivity index (χ1n) is 6.51. The van der Waals surface area contributed by atoms with Gasteiger partial charge in [0.1, 0.15) is 0 Å². The normalized spacial score (nSPS) is 13.1. The number of aliphatic hydroxyl groups excluding tert-OH is 1. The van der Waals surface area contributed by atoms with Gasteiger partial charge in [0.15, 0.2) is 0 Å². The topological polar surface area (TPSA) is 85.9 Å². The van der Waals surface area contributed by atoms with Crippen molar-refractivity contribution in [2.45, 2.75) is 32.8 Å². The summed E-state index contributed by atoms with van der Waals surface area (Å²) in [7, 11) is 0. The minimum absolute atomic E-state index is 0.187. The van der Waals surface area contributed by atoms with Gasteiger partial charge < -0.3 is 15.1 Å². The lowest BCUT2D eigenvalue weighted by Gasteiger charge is -2.20. The minimum atomic E-state index is -0.679. The van der Waals surface area contributed by atoms with Gasteiger partial charge in [0.25, 0.3) is 0 Å². The third-order valence-corrected chi connectivity index (χ3v) is 3.58. The fraction of sp³-hybridized carbons (Fsp3) is 0.429. The van der Waals surface area contributed by atoms with Crippen LogP contribution in [0, 0.1) is 5.92 Å². The lowest BCUT2D eigenvalue weighted by atomic mass is 9.91. The van der Waals surface area contributed by atoms with Gasteiger partial charge in [0.05, 0.1) is 17.1 Å². The van der Waals surface area contributed by atoms with E-state index in [9.17, 15) is 14.7 Å². The molecule has 0 saturated carbocycles. The zero-order valence-corrected chi connectivity index (χ0v) is 11.1. The third-order valence-electron chi connectivity index (χ3n) is 3.58. The Kier molecular flexibility index (Phi) is 3.85. The molecule has 0 aliphatic rings. The molecular weight excluding hydrogens is 244 g/mol. The van der Waals surface area contributed by atoms with Gasteiger partial charge in [-0.15, -0.1) is 0 Å². The van der Waals surface area contributed by atoms with Crippen molar-refractivity contribution in [1.29, 1.82) is 0 Å². The van der Waals surface area contributed by atoms with Crippen LogP contribution in [0.3, 0.4) is 0 Å². The number of fused-ring (bicyclic) bond motifs is 1. The standard InChI is InChI=1S/C14H18N2O3/c1-3-8(4-2)12(17)9-5-6-10-11(7-9)16-14(19)13(18)15-10/h5-8,12,17H,3-4H2,1-2H3,(H,15,18)(H,16,19). The highest BCUT2D eigenvalue weighted by atomic mass is 16.3. The van der Waals surface area contributed by atoms with Crippen molar-refractivity contribution in [1.82, 2.24) is 9.97 Å². The molecule has 1 unspecified atom stereocenters. The zero-order valence-electron chi connectivity index (χ0n) is 11.1. The molecule has 0 aliphatic heterocycles. The number of aromatic amines is 2. The van der Waals surface area contributed by atoms with Gasteiger partial charge in [0.2, 0.25) is 0 Å². The molecular formula is C14H18N2O3. The predicted octanol–water partition coefficient (Wildman–Crippen LogP) is 1.69. The maximum Gasteiger partial charge on any atom is 0.314 e. The van der Waals surface area contributed by atoms with Crippen molar-refractivity contribution in [3.63, 3.8) is 0 Å². The summed E-state index contributed by atoms with van der Waals surface area (Å²) in [6.45, 7) is 4.08. The highest BCUT2D eigenvalue weighted by molar-refractivity contribution is 5.74. The maximum absolute atomic E-state index is 11.3. The van der Waals surface area contributed by atoms with E-state index in [1.54, 1.807) is 18.2 Å². The van der Waals surface area contributed by atoms with Gasteiger partial charge in [-0.1, -0.05) is 32.8 Å². The Balaban J connectivity index is 2.49. The number of benzene rings is 1. The molecule has 5 nitrogen and oxygen atoms in total. The van der Waals surface area contributed by atoms with Gasteiger partial charge in [-0.3, -0.25) is 9.59 Å². The third kappa shape index (κ3) is 2.61. The number of rotatable bonds is 4. The largest absolute Gasteiger partial charge is 0.388 e. The SMILES string of the molecule is CCC(CC)C(O)c1ccc2[nH]c(=O)c(=O)[nH]c2c1. The molecule has 0 fully saturated rings. The molecule has 0 spiro atoms. The summed E-state index contributed by atoms with van der Waals surface area (Å²) in [6, 6.07) is 5.20. The second kappa shape index (κ2) is 5.40. The summed E-state index contributed by atoms with van der Waals surface area (Å²) < 4.78 is 0. The van der Waals surface area contributed by atoms with Crippen LogP contribution in [0.4, 0.5) is 0 Å². The number of hydrogen-bond acceptors (Lipinski definition) is 3. The fourth-order valence-electron chi connectivity index (χ4n) is 2.32. The monoisotopic (exact) mass is 262 g/mol. The summed E-state index contributed by atoms with van der Waals surface area (Å²) in [5.74, 6) is 0.187. The van der Waals surface area contributed by atoms with Crippen LogP contribution in [0.5, 0.6) is 0 Å². The fourth-order valence-corrected chi connectivity index (χ4v) is 2.32. The molecule has 2 aromatic rings. The Hall–Kier alpha value is -1.88. The number of nitrogens with one attached hydrogen (secondary N) is 2. The Bertz CT molecular complexity index is 683. The van der Waals surface area contributed by atoms with Crippen LogP contribution < -0.4 is 11.1 Å². The van der Waals surface area contributed by atoms with E-state index in [1.165, 1.54) is 0 Å². The van der Waals surface area contributed by atoms with E-state index in [4.69, 9.17) is 0 Å². The Morgan fingerprint density at radius 1 is 1.05 bits per heavy atom. The molecule has 1 aromatic carbocycles. The molecule has 19 heavy (non-hydrogen) atoms. The van der Waals surface area contributed by atoms with E-state index in [0.29, 0.717) is 11.0 Å². The zero-order chi connectivity index (χ0) is 14.0. The maximum atomic E-state index is 11.3. The highest BCUT2D eigenvalue weighted by Gasteiger charge is 2.17. The first kappa shape index (κ1) is 13.5. The van der Waals surface area contributed by atoms with Gasteiger partial charge in [-0.2, -0.15) is 0 Å². The molecule has 2 rings (SSSR count). The van der Waals surface area contributed by atoms with Crippen molar-refractivity contribution < 1.29 is 5.11 Å². The van der Waals surface area contributed by atoms with Gasteiger partial charge >= 0.3 is 11.1 Å². The minimum Gasteiger partial charge on any atom is -0.388 e. The van der Waals surface area contributed by atoms with Crippen LogP contribution >= 0.6 is 0 Å². The lowest BCUT2D eigenvalue weighted by molar-refractivity contribution is 0.103. The molecule has 0 aliphatic carbocycles. The summed E-state index contributed by atoms with van der Waals surface area (Å²) in [6.07, 6.45) is 1.21. The summed E-state index contributed by atoms with van der Waals surface area (Å²) in [4.78, 5) is 27.5. The molecule has 1 atom stereocenters. The van der Waals surface area contributed by atoms with Gasteiger partial charge in [-0.05, 0) is 23.6 Å². The lowest BCUT2D eigenvalue weighted by Crippen LogP contribution is -2.29. The number of H-pyrrole nitrogens is 2. The molecule has 102 valence electrons. The van der Waals surface area contributed by atoms with E-state index < -0.39 is 17.2 Å². The van der Waals surface area contributed by atoms with Crippen molar-refractivity contribution >= 4 is 11.0 Å². The molecule has 3 N–H and O–H groups in total. The molecule has 0 amide bonds. The summed E-state index contributed by atoms with van der Waals surface area (Å²) in [5.41, 5.74) is 0.503. The van der Waals surface area contributed by atoms with Crippen LogP contribution in [-0.4, -0.2) is 15.1 Å². The van der Waals surface area contributed by atoms with Gasteiger partial charge in [0, 0.05) is 0 Å². The summed E-state index contributed by atoms with van der Waals surface area (Å²) >= 11 is 0. The van der Waals surface area contributed by atoms with Crippen LogP contribution in [0.15, 0.2) is 27.8 Å². The van der Waals surface area contributed by atoms with Crippen LogP contribution in [0.25, 0.3) is 11.0 Å². The predicted molar refractivity (Wildman–Crippen MR) is 74.2 cm³/mol. The Morgan fingerprint density at radius 2 is 1.63 bits per heavy atom. The number of aliphatic hydroxyl groups is 1. The Morgan fingerprint density at radius 3 is 2.21 bits per heavy atom. The van der Waals surface area contributed by atoms with E-state index in [2.05, 4.69) is 9.97 Å². The van der Waals surface area contributed by atoms with Crippen LogP contribution in [0.1, 0.15) is 38.4 Å². The van der Waals surface area contributed by atoms with E-state index in [-0.39, 0.29) is 5.92 Å². The van der Waals surface area contributed by atoms with Gasteiger partial charge in [-0.25, -0.2) is 0 Å². The first-order chi connectivity index (χ1) is 9.06. The van der Waals surface area contributed by atoms with Crippen LogP contribution in [0.2, 0.25) is 0 Å². The number of aromatic nitrogens is 2. The van der Waals surface area contributed by atoms with Crippen molar-refractivity contribution in [2.75, 3.05) is 0 Å². The molecule has 0 bridgehead atoms. The van der Waals surface area contributed by atoms with Crippen molar-refractivity contribution in [2.24, 2.45) is 5.92 Å². The smallest absolute Gasteiger partial charge is 0.314 e. The molecule has 0 saturated heterocycles. The van der Waals surface area contributed by atoms with Crippen LogP contribution in [-0.2, 0) is 0 Å². The molecule has 1 heterocycles. The van der Waals surface area contributed by atoms with Crippen molar-refractivity contribution in [3.05, 3.63) is 44.5 Å². The second-order valence-corrected chi connectivity index (χ2v) is 4.73. The van der Waals surface area contributed by atoms with E-state index >= 15 is 0 Å². The number of hydrogen-bond donors (Lipinski definition) is 3. The first-order valence-corrected chi connectivity index (χ1v) is 6.51. The quantitative estimate of drug-likeness (QED) is 0.733. The molecule has 1 aromatic heterocycles. The average molecular weight is 262 g/mol.